The topological polar surface area (TPSA) is 98.8 Å². The monoisotopic (exact) mass is 441 g/mol. The largest absolute Gasteiger partial charge is 0.506 e. The Labute approximate surface area is 172 Å². The van der Waals surface area contributed by atoms with Crippen LogP contribution in [0.2, 0.25) is 5.02 Å². The maximum atomic E-state index is 14.2. The maximum absolute atomic E-state index is 14.2. The molecule has 3 N–H and O–H groups in total. The summed E-state index contributed by atoms with van der Waals surface area (Å²) in [4.78, 5) is 23.5. The molecule has 0 saturated carbocycles. The van der Waals surface area contributed by atoms with Gasteiger partial charge in [-0.25, -0.2) is 13.6 Å². The zero-order chi connectivity index (χ0) is 21.3. The highest BCUT2D eigenvalue weighted by molar-refractivity contribution is 7.21. The molecule has 0 bridgehead atoms. The second-order valence-corrected chi connectivity index (χ2v) is 7.25. The van der Waals surface area contributed by atoms with Gasteiger partial charge in [-0.15, -0.1) is 11.3 Å². The second kappa shape index (κ2) is 8.22. The number of esters is 1. The third-order valence-corrected chi connectivity index (χ3v) is 5.52. The Morgan fingerprint density at radius 3 is 2.48 bits per heavy atom. The molecule has 0 fully saturated rings. The zero-order valence-corrected chi connectivity index (χ0v) is 16.5. The number of benzene rings is 2. The van der Waals surface area contributed by atoms with E-state index in [0.29, 0.717) is 10.1 Å². The Bertz CT molecular complexity index is 1110. The first kappa shape index (κ1) is 20.8. The van der Waals surface area contributed by atoms with Crippen LogP contribution >= 0.6 is 22.9 Å². The summed E-state index contributed by atoms with van der Waals surface area (Å²) in [6, 6.07) is 4.28. The minimum absolute atomic E-state index is 0.0832. The summed E-state index contributed by atoms with van der Waals surface area (Å²) in [5.41, 5.74) is 4.88. The first-order valence-electron chi connectivity index (χ1n) is 8.26. The number of aromatic hydroxyl groups is 1. The molecule has 152 valence electrons. The van der Waals surface area contributed by atoms with E-state index >= 15 is 0 Å². The van der Waals surface area contributed by atoms with Crippen molar-refractivity contribution in [3.63, 3.8) is 0 Å². The lowest BCUT2D eigenvalue weighted by Crippen LogP contribution is -2.13. The van der Waals surface area contributed by atoms with E-state index in [1.165, 1.54) is 12.1 Å². The minimum Gasteiger partial charge on any atom is -0.506 e. The summed E-state index contributed by atoms with van der Waals surface area (Å²) in [6.45, 7) is 1.28. The standard InChI is InChI=1S/C19H14ClF2NO5S/c1-2-27-19(26)16-9(14-10(20)3-4-13(24)17(14)29-16)7-28-15-11(21)5-8(18(23)25)6-12(15)22/h3-6,24H,2,7H2,1H3,(H2,23,25). The van der Waals surface area contributed by atoms with Gasteiger partial charge in [-0.05, 0) is 31.2 Å². The van der Waals surface area contributed by atoms with Crippen LogP contribution in [0.15, 0.2) is 24.3 Å². The molecule has 3 aromatic rings. The van der Waals surface area contributed by atoms with Gasteiger partial charge in [-0.3, -0.25) is 4.79 Å². The van der Waals surface area contributed by atoms with Crippen molar-refractivity contribution in [2.45, 2.75) is 13.5 Å². The number of hydrogen-bond donors (Lipinski definition) is 2. The van der Waals surface area contributed by atoms with Gasteiger partial charge in [0.05, 0.1) is 11.3 Å². The summed E-state index contributed by atoms with van der Waals surface area (Å²) in [6.07, 6.45) is 0. The fourth-order valence-electron chi connectivity index (χ4n) is 2.69. The van der Waals surface area contributed by atoms with Crippen LogP contribution in [-0.2, 0) is 11.3 Å². The minimum atomic E-state index is -1.13. The van der Waals surface area contributed by atoms with Gasteiger partial charge in [0.2, 0.25) is 5.91 Å². The van der Waals surface area contributed by atoms with Gasteiger partial charge in [-0.1, -0.05) is 11.6 Å². The van der Waals surface area contributed by atoms with Gasteiger partial charge >= 0.3 is 5.97 Å². The molecule has 0 radical (unpaired) electrons. The van der Waals surface area contributed by atoms with E-state index in [1.807, 2.05) is 0 Å². The summed E-state index contributed by atoms with van der Waals surface area (Å²) < 4.78 is 39.0. The highest BCUT2D eigenvalue weighted by atomic mass is 35.5. The molecule has 0 spiro atoms. The Hall–Kier alpha value is -2.91. The summed E-state index contributed by atoms with van der Waals surface area (Å²) >= 11 is 7.14. The number of ether oxygens (including phenoxy) is 2. The molecule has 0 saturated heterocycles. The summed E-state index contributed by atoms with van der Waals surface area (Å²) in [7, 11) is 0. The zero-order valence-electron chi connectivity index (χ0n) is 14.9. The van der Waals surface area contributed by atoms with E-state index in [-0.39, 0.29) is 33.4 Å². The van der Waals surface area contributed by atoms with E-state index in [4.69, 9.17) is 26.8 Å². The van der Waals surface area contributed by atoms with E-state index in [1.54, 1.807) is 6.92 Å². The van der Waals surface area contributed by atoms with Gasteiger partial charge in [0.25, 0.3) is 0 Å². The Morgan fingerprint density at radius 1 is 1.24 bits per heavy atom. The Morgan fingerprint density at radius 2 is 1.90 bits per heavy atom. The summed E-state index contributed by atoms with van der Waals surface area (Å²) in [5, 5.41) is 10.6. The average molecular weight is 442 g/mol. The highest BCUT2D eigenvalue weighted by Gasteiger charge is 2.24. The number of primary amides is 1. The van der Waals surface area contributed by atoms with Crippen LogP contribution in [0.4, 0.5) is 8.78 Å². The normalized spacial score (nSPS) is 10.9. The molecule has 1 aromatic heterocycles. The number of amides is 1. The Kier molecular flexibility index (Phi) is 5.90. The van der Waals surface area contributed by atoms with Crippen molar-refractivity contribution < 1.29 is 33.0 Å². The molecule has 29 heavy (non-hydrogen) atoms. The van der Waals surface area contributed by atoms with Crippen molar-refractivity contribution in [3.8, 4) is 11.5 Å². The second-order valence-electron chi connectivity index (χ2n) is 5.82. The molecule has 0 aliphatic carbocycles. The average Bonchev–Trinajstić information content (AvgIpc) is 3.05. The Balaban J connectivity index is 2.06. The molecule has 6 nitrogen and oxygen atoms in total. The SMILES string of the molecule is CCOC(=O)c1sc2c(O)ccc(Cl)c2c1COc1c(F)cc(C(N)=O)cc1F. The number of phenolic OH excluding ortho intramolecular Hbond substituents is 1. The van der Waals surface area contributed by atoms with E-state index < -0.39 is 35.9 Å². The number of nitrogens with two attached hydrogens (primary N) is 1. The highest BCUT2D eigenvalue weighted by Crippen LogP contribution is 2.42. The maximum Gasteiger partial charge on any atom is 0.348 e. The predicted octanol–water partition coefficient (Wildman–Crippen LogP) is 4.39. The smallest absolute Gasteiger partial charge is 0.348 e. The molecule has 0 atom stereocenters. The summed E-state index contributed by atoms with van der Waals surface area (Å²) in [5.74, 6) is -4.82. The first-order valence-corrected chi connectivity index (χ1v) is 9.45. The number of thiophene rings is 1. The van der Waals surface area contributed by atoms with Crippen LogP contribution < -0.4 is 10.5 Å². The number of fused-ring (bicyclic) bond motifs is 1. The van der Waals surface area contributed by atoms with Crippen LogP contribution in [-0.4, -0.2) is 23.6 Å². The quantitative estimate of drug-likeness (QED) is 0.552. The third kappa shape index (κ3) is 3.96. The van der Waals surface area contributed by atoms with Gasteiger partial charge in [-0.2, -0.15) is 0 Å². The van der Waals surface area contributed by atoms with E-state index in [0.717, 1.165) is 23.5 Å². The fourth-order valence-corrected chi connectivity index (χ4v) is 4.16. The lowest BCUT2D eigenvalue weighted by Gasteiger charge is -2.11. The first-order chi connectivity index (χ1) is 13.7. The van der Waals surface area contributed by atoms with Crippen molar-refractivity contribution >= 4 is 44.9 Å². The van der Waals surface area contributed by atoms with Gasteiger partial charge in [0, 0.05) is 21.5 Å². The van der Waals surface area contributed by atoms with Crippen LogP contribution in [0.5, 0.6) is 11.5 Å². The molecular weight excluding hydrogens is 428 g/mol. The van der Waals surface area contributed by atoms with Crippen molar-refractivity contribution in [2.24, 2.45) is 5.73 Å². The van der Waals surface area contributed by atoms with Gasteiger partial charge in [0.1, 0.15) is 17.2 Å². The van der Waals surface area contributed by atoms with Crippen LogP contribution in [0, 0.1) is 11.6 Å². The lowest BCUT2D eigenvalue weighted by atomic mass is 10.1. The van der Waals surface area contributed by atoms with Crippen molar-refractivity contribution in [2.75, 3.05) is 6.61 Å². The number of hydrogen-bond acceptors (Lipinski definition) is 6. The molecule has 0 aliphatic rings. The van der Waals surface area contributed by atoms with Crippen LogP contribution in [0.1, 0.15) is 32.5 Å². The number of phenols is 1. The number of rotatable bonds is 6. The van der Waals surface area contributed by atoms with Crippen molar-refractivity contribution in [3.05, 3.63) is 56.9 Å². The molecule has 3 rings (SSSR count). The molecule has 0 unspecified atom stereocenters. The van der Waals surface area contributed by atoms with Crippen molar-refractivity contribution in [1.82, 2.24) is 0 Å². The van der Waals surface area contributed by atoms with Crippen LogP contribution in [0.3, 0.4) is 0 Å². The predicted molar refractivity (Wildman–Crippen MR) is 104 cm³/mol. The van der Waals surface area contributed by atoms with E-state index in [9.17, 15) is 23.5 Å². The molecule has 1 amide bonds. The molecule has 2 aromatic carbocycles. The molecule has 0 aliphatic heterocycles. The molecule has 10 heteroatoms. The molecule has 1 heterocycles. The van der Waals surface area contributed by atoms with Gasteiger partial charge in [0.15, 0.2) is 17.4 Å². The van der Waals surface area contributed by atoms with E-state index in [2.05, 4.69) is 0 Å². The number of carbonyl (C=O) groups excluding carboxylic acids is 2. The fraction of sp³-hybridized carbons (Fsp3) is 0.158. The number of carbonyl (C=O) groups is 2. The van der Waals surface area contributed by atoms with Gasteiger partial charge < -0.3 is 20.3 Å². The lowest BCUT2D eigenvalue weighted by molar-refractivity contribution is 0.0529. The molecular formula is C19H14ClF2NO5S. The van der Waals surface area contributed by atoms with Crippen LogP contribution in [0.25, 0.3) is 10.1 Å². The van der Waals surface area contributed by atoms with Crippen molar-refractivity contribution in [1.29, 1.82) is 0 Å². The third-order valence-electron chi connectivity index (χ3n) is 3.97. The number of halogens is 3.